The first-order chi connectivity index (χ1) is 12.0. The summed E-state index contributed by atoms with van der Waals surface area (Å²) < 4.78 is 1.97. The molecule has 4 rings (SSSR count). The minimum absolute atomic E-state index is 0.0746. The standard InChI is InChI=1S/C20H24N4O/c1-13-10-14(2)24(22-13)15(3)11-20(25)23-9-8-19-17(12-23)16-6-4-5-7-18(16)21-19/h4-7,10,15,21H,8-9,11-12H2,1-3H3. The SMILES string of the molecule is Cc1cc(C)n(C(C)CC(=O)N2CCc3[nH]c4ccccc4c3C2)n1. The molecule has 1 unspecified atom stereocenters. The highest BCUT2D eigenvalue weighted by Crippen LogP contribution is 2.28. The van der Waals surface area contributed by atoms with Crippen LogP contribution in [0, 0.1) is 13.8 Å². The highest BCUT2D eigenvalue weighted by atomic mass is 16.2. The molecule has 2 aromatic heterocycles. The zero-order valence-electron chi connectivity index (χ0n) is 15.0. The van der Waals surface area contributed by atoms with Crippen molar-refractivity contribution in [1.29, 1.82) is 0 Å². The predicted octanol–water partition coefficient (Wildman–Crippen LogP) is 3.52. The van der Waals surface area contributed by atoms with Crippen molar-refractivity contribution in [3.05, 3.63) is 53.0 Å². The summed E-state index contributed by atoms with van der Waals surface area (Å²) in [7, 11) is 0. The number of aromatic amines is 1. The van der Waals surface area contributed by atoms with Crippen LogP contribution >= 0.6 is 0 Å². The van der Waals surface area contributed by atoms with Gasteiger partial charge in [0.05, 0.1) is 11.7 Å². The average Bonchev–Trinajstić information content (AvgIpc) is 3.13. The molecule has 3 heterocycles. The number of rotatable bonds is 3. The third-order valence-electron chi connectivity index (χ3n) is 5.17. The summed E-state index contributed by atoms with van der Waals surface area (Å²) in [5.41, 5.74) is 5.82. The van der Waals surface area contributed by atoms with Crippen LogP contribution in [0.1, 0.15) is 42.0 Å². The number of nitrogens with zero attached hydrogens (tertiary/aromatic N) is 3. The molecule has 1 amide bonds. The quantitative estimate of drug-likeness (QED) is 0.796. The number of aryl methyl sites for hydroxylation is 2. The van der Waals surface area contributed by atoms with Gasteiger partial charge in [0.15, 0.2) is 0 Å². The summed E-state index contributed by atoms with van der Waals surface area (Å²) in [4.78, 5) is 18.3. The number of carbonyl (C=O) groups is 1. The molecular formula is C20H24N4O. The molecule has 130 valence electrons. The van der Waals surface area contributed by atoms with Crippen LogP contribution in [0.4, 0.5) is 0 Å². The monoisotopic (exact) mass is 336 g/mol. The summed E-state index contributed by atoms with van der Waals surface area (Å²) >= 11 is 0. The van der Waals surface area contributed by atoms with Gasteiger partial charge in [0.25, 0.3) is 0 Å². The summed E-state index contributed by atoms with van der Waals surface area (Å²) in [5.74, 6) is 0.205. The number of carbonyl (C=O) groups excluding carboxylic acids is 1. The second-order valence-corrected chi connectivity index (χ2v) is 7.12. The smallest absolute Gasteiger partial charge is 0.225 e. The molecule has 0 radical (unpaired) electrons. The lowest BCUT2D eigenvalue weighted by atomic mass is 10.0. The Hall–Kier alpha value is -2.56. The molecule has 1 N–H and O–H groups in total. The van der Waals surface area contributed by atoms with E-state index in [4.69, 9.17) is 0 Å². The van der Waals surface area contributed by atoms with E-state index in [-0.39, 0.29) is 11.9 Å². The molecule has 1 atom stereocenters. The van der Waals surface area contributed by atoms with E-state index in [0.29, 0.717) is 13.0 Å². The fourth-order valence-corrected chi connectivity index (χ4v) is 3.94. The Morgan fingerprint density at radius 3 is 2.88 bits per heavy atom. The first-order valence-electron chi connectivity index (χ1n) is 8.92. The number of H-pyrrole nitrogens is 1. The first kappa shape index (κ1) is 15.9. The van der Waals surface area contributed by atoms with E-state index in [1.807, 2.05) is 29.5 Å². The van der Waals surface area contributed by atoms with Gasteiger partial charge in [-0.2, -0.15) is 5.10 Å². The van der Waals surface area contributed by atoms with Crippen molar-refractivity contribution in [2.75, 3.05) is 6.54 Å². The number of amides is 1. The second-order valence-electron chi connectivity index (χ2n) is 7.12. The maximum absolute atomic E-state index is 12.8. The van der Waals surface area contributed by atoms with Crippen LogP contribution in [0.2, 0.25) is 0 Å². The Bertz CT molecular complexity index is 936. The Morgan fingerprint density at radius 2 is 2.12 bits per heavy atom. The van der Waals surface area contributed by atoms with Crippen molar-refractivity contribution in [1.82, 2.24) is 19.7 Å². The number of hydrogen-bond donors (Lipinski definition) is 1. The van der Waals surface area contributed by atoms with Crippen LogP contribution in [-0.2, 0) is 17.8 Å². The van der Waals surface area contributed by atoms with Gasteiger partial charge in [-0.3, -0.25) is 9.48 Å². The number of nitrogens with one attached hydrogen (secondary N) is 1. The number of fused-ring (bicyclic) bond motifs is 3. The van der Waals surface area contributed by atoms with Crippen LogP contribution in [0.3, 0.4) is 0 Å². The first-order valence-corrected chi connectivity index (χ1v) is 8.92. The van der Waals surface area contributed by atoms with Crippen LogP contribution in [0.25, 0.3) is 10.9 Å². The number of hydrogen-bond acceptors (Lipinski definition) is 2. The normalized spacial score (nSPS) is 15.4. The van der Waals surface area contributed by atoms with E-state index >= 15 is 0 Å². The van der Waals surface area contributed by atoms with Crippen molar-refractivity contribution in [2.45, 2.75) is 46.2 Å². The van der Waals surface area contributed by atoms with Gasteiger partial charge >= 0.3 is 0 Å². The molecule has 1 aliphatic rings. The summed E-state index contributed by atoms with van der Waals surface area (Å²) in [6.07, 6.45) is 1.38. The van der Waals surface area contributed by atoms with Crippen molar-refractivity contribution in [2.24, 2.45) is 0 Å². The number of benzene rings is 1. The van der Waals surface area contributed by atoms with Gasteiger partial charge in [-0.1, -0.05) is 18.2 Å². The second kappa shape index (κ2) is 6.06. The average molecular weight is 336 g/mol. The van der Waals surface area contributed by atoms with Crippen LogP contribution in [0.5, 0.6) is 0 Å². The maximum atomic E-state index is 12.8. The maximum Gasteiger partial charge on any atom is 0.225 e. The van der Waals surface area contributed by atoms with Gasteiger partial charge in [0.1, 0.15) is 0 Å². The van der Waals surface area contributed by atoms with Gasteiger partial charge in [-0.05, 0) is 32.9 Å². The van der Waals surface area contributed by atoms with Crippen molar-refractivity contribution in [3.63, 3.8) is 0 Å². The molecule has 1 aliphatic heterocycles. The molecule has 3 aromatic rings. The zero-order chi connectivity index (χ0) is 17.6. The van der Waals surface area contributed by atoms with Crippen LogP contribution < -0.4 is 0 Å². The third-order valence-corrected chi connectivity index (χ3v) is 5.17. The lowest BCUT2D eigenvalue weighted by Gasteiger charge is -2.28. The van der Waals surface area contributed by atoms with Gasteiger partial charge in [-0.25, -0.2) is 0 Å². The molecule has 1 aromatic carbocycles. The molecule has 5 nitrogen and oxygen atoms in total. The van der Waals surface area contributed by atoms with Gasteiger partial charge in [-0.15, -0.1) is 0 Å². The van der Waals surface area contributed by atoms with Crippen LogP contribution in [-0.4, -0.2) is 32.1 Å². The van der Waals surface area contributed by atoms with E-state index in [1.165, 1.54) is 16.6 Å². The zero-order valence-corrected chi connectivity index (χ0v) is 15.0. The fraction of sp³-hybridized carbons (Fsp3) is 0.400. The molecule has 0 saturated heterocycles. The predicted molar refractivity (Wildman–Crippen MR) is 98.4 cm³/mol. The Kier molecular flexibility index (Phi) is 3.86. The van der Waals surface area contributed by atoms with E-state index in [9.17, 15) is 4.79 Å². The van der Waals surface area contributed by atoms with Crippen molar-refractivity contribution < 1.29 is 4.79 Å². The van der Waals surface area contributed by atoms with E-state index in [2.05, 4.69) is 41.3 Å². The van der Waals surface area contributed by atoms with Crippen molar-refractivity contribution in [3.8, 4) is 0 Å². The van der Waals surface area contributed by atoms with E-state index in [0.717, 1.165) is 29.9 Å². The third kappa shape index (κ3) is 2.84. The minimum Gasteiger partial charge on any atom is -0.358 e. The Balaban J connectivity index is 1.51. The molecule has 5 heteroatoms. The molecule has 0 saturated carbocycles. The molecule has 0 bridgehead atoms. The van der Waals surface area contributed by atoms with Gasteiger partial charge < -0.3 is 9.88 Å². The molecule has 0 fully saturated rings. The largest absolute Gasteiger partial charge is 0.358 e. The Morgan fingerprint density at radius 1 is 1.32 bits per heavy atom. The van der Waals surface area contributed by atoms with Gasteiger partial charge in [0, 0.05) is 53.8 Å². The summed E-state index contributed by atoms with van der Waals surface area (Å²) in [6.45, 7) is 7.57. The fourth-order valence-electron chi connectivity index (χ4n) is 3.94. The Labute approximate surface area is 147 Å². The minimum atomic E-state index is 0.0746. The van der Waals surface area contributed by atoms with Crippen LogP contribution in [0.15, 0.2) is 30.3 Å². The number of para-hydroxylation sites is 1. The lowest BCUT2D eigenvalue weighted by Crippen LogP contribution is -2.36. The molecule has 0 spiro atoms. The van der Waals surface area contributed by atoms with Crippen molar-refractivity contribution >= 4 is 16.8 Å². The van der Waals surface area contributed by atoms with E-state index in [1.54, 1.807) is 0 Å². The van der Waals surface area contributed by atoms with E-state index < -0.39 is 0 Å². The summed E-state index contributed by atoms with van der Waals surface area (Å²) in [5, 5.41) is 5.76. The lowest BCUT2D eigenvalue weighted by molar-refractivity contribution is -0.132. The van der Waals surface area contributed by atoms with Gasteiger partial charge in [0.2, 0.25) is 5.91 Å². The molecular weight excluding hydrogens is 312 g/mol. The topological polar surface area (TPSA) is 53.9 Å². The highest BCUT2D eigenvalue weighted by molar-refractivity contribution is 5.86. The summed E-state index contributed by atoms with van der Waals surface area (Å²) in [6, 6.07) is 10.5. The number of aromatic nitrogens is 3. The molecule has 25 heavy (non-hydrogen) atoms. The highest BCUT2D eigenvalue weighted by Gasteiger charge is 2.25. The molecule has 0 aliphatic carbocycles.